The van der Waals surface area contributed by atoms with Crippen LogP contribution in [0.4, 0.5) is 0 Å². The molecule has 0 spiro atoms. The Labute approximate surface area is 143 Å². The summed E-state index contributed by atoms with van der Waals surface area (Å²) in [6.45, 7) is 0. The average molecular weight is 340 g/mol. The molecule has 5 nitrogen and oxygen atoms in total. The predicted molar refractivity (Wildman–Crippen MR) is 94.9 cm³/mol. The minimum atomic E-state index is 0.190. The number of fused-ring (bicyclic) bond motifs is 2. The summed E-state index contributed by atoms with van der Waals surface area (Å²) >= 11 is 6.16. The second kappa shape index (κ2) is 5.69. The maximum atomic E-state index is 6.16. The van der Waals surface area contributed by atoms with Crippen LogP contribution < -0.4 is 9.47 Å². The topological polar surface area (TPSA) is 60.0 Å². The lowest BCUT2D eigenvalue weighted by Gasteiger charge is -2.11. The van der Waals surface area contributed by atoms with Crippen LogP contribution in [0.5, 0.6) is 11.5 Å². The van der Waals surface area contributed by atoms with E-state index < -0.39 is 0 Å². The lowest BCUT2D eigenvalue weighted by molar-refractivity contribution is 0.356. The van der Waals surface area contributed by atoms with Gasteiger partial charge in [-0.25, -0.2) is 9.97 Å². The SMILES string of the molecule is COc1cc2nc(Cl)nc(-c3c[nH]c4ccccc34)c2cc1OC. The Bertz CT molecular complexity index is 1060. The molecule has 2 aromatic carbocycles. The van der Waals surface area contributed by atoms with Gasteiger partial charge in [0, 0.05) is 34.1 Å². The molecule has 0 saturated carbocycles. The van der Waals surface area contributed by atoms with E-state index in [1.54, 1.807) is 20.3 Å². The first-order valence-electron chi connectivity index (χ1n) is 7.37. The number of aromatic nitrogens is 3. The van der Waals surface area contributed by atoms with E-state index >= 15 is 0 Å². The summed E-state index contributed by atoms with van der Waals surface area (Å²) in [5.41, 5.74) is 3.46. The minimum Gasteiger partial charge on any atom is -0.493 e. The summed E-state index contributed by atoms with van der Waals surface area (Å²) in [6.07, 6.45) is 1.93. The fraction of sp³-hybridized carbons (Fsp3) is 0.111. The maximum Gasteiger partial charge on any atom is 0.223 e. The molecule has 2 heterocycles. The third kappa shape index (κ3) is 2.25. The van der Waals surface area contributed by atoms with E-state index in [0.717, 1.165) is 27.5 Å². The van der Waals surface area contributed by atoms with Gasteiger partial charge in [-0.15, -0.1) is 0 Å². The van der Waals surface area contributed by atoms with Gasteiger partial charge < -0.3 is 14.5 Å². The van der Waals surface area contributed by atoms with Crippen molar-refractivity contribution >= 4 is 33.4 Å². The number of benzene rings is 2. The van der Waals surface area contributed by atoms with Crippen LogP contribution in [-0.2, 0) is 0 Å². The highest BCUT2D eigenvalue weighted by Gasteiger charge is 2.16. The van der Waals surface area contributed by atoms with E-state index in [0.29, 0.717) is 17.0 Å². The van der Waals surface area contributed by atoms with Crippen molar-refractivity contribution in [3.63, 3.8) is 0 Å². The van der Waals surface area contributed by atoms with Gasteiger partial charge in [0.15, 0.2) is 11.5 Å². The molecule has 0 atom stereocenters. The standard InChI is InChI=1S/C18H14ClN3O2/c1-23-15-7-11-14(8-16(15)24-2)21-18(19)22-17(11)12-9-20-13-6-4-3-5-10(12)13/h3-9,20H,1-2H3. The van der Waals surface area contributed by atoms with E-state index in [4.69, 9.17) is 21.1 Å². The zero-order valence-corrected chi connectivity index (χ0v) is 13.9. The molecule has 0 saturated heterocycles. The van der Waals surface area contributed by atoms with Crippen molar-refractivity contribution in [3.8, 4) is 22.8 Å². The monoisotopic (exact) mass is 339 g/mol. The Balaban J connectivity index is 2.07. The molecule has 0 aliphatic carbocycles. The fourth-order valence-electron chi connectivity index (χ4n) is 2.90. The molecule has 4 rings (SSSR count). The van der Waals surface area contributed by atoms with Crippen LogP contribution in [-0.4, -0.2) is 29.2 Å². The molecule has 2 aromatic heterocycles. The molecule has 4 aromatic rings. The van der Waals surface area contributed by atoms with Crippen molar-refractivity contribution in [2.24, 2.45) is 0 Å². The van der Waals surface area contributed by atoms with E-state index in [1.807, 2.05) is 36.5 Å². The zero-order chi connectivity index (χ0) is 16.7. The van der Waals surface area contributed by atoms with Crippen molar-refractivity contribution in [2.45, 2.75) is 0 Å². The third-order valence-electron chi connectivity index (χ3n) is 4.02. The summed E-state index contributed by atoms with van der Waals surface area (Å²) in [7, 11) is 3.19. The molecular formula is C18H14ClN3O2. The van der Waals surface area contributed by atoms with Crippen LogP contribution in [0, 0.1) is 0 Å². The highest BCUT2D eigenvalue weighted by Crippen LogP contribution is 2.38. The Morgan fingerprint density at radius 2 is 1.71 bits per heavy atom. The largest absolute Gasteiger partial charge is 0.493 e. The molecule has 6 heteroatoms. The number of hydrogen-bond acceptors (Lipinski definition) is 4. The first-order chi connectivity index (χ1) is 11.7. The molecule has 0 bridgehead atoms. The maximum absolute atomic E-state index is 6.16. The van der Waals surface area contributed by atoms with Gasteiger partial charge in [-0.05, 0) is 23.7 Å². The summed E-state index contributed by atoms with van der Waals surface area (Å²) in [4.78, 5) is 12.0. The number of ether oxygens (including phenoxy) is 2. The Morgan fingerprint density at radius 1 is 0.958 bits per heavy atom. The highest BCUT2D eigenvalue weighted by molar-refractivity contribution is 6.29. The van der Waals surface area contributed by atoms with Crippen LogP contribution >= 0.6 is 11.6 Å². The van der Waals surface area contributed by atoms with Crippen LogP contribution in [0.1, 0.15) is 0 Å². The first kappa shape index (κ1) is 14.8. The number of nitrogens with one attached hydrogen (secondary N) is 1. The van der Waals surface area contributed by atoms with Crippen molar-refractivity contribution in [1.82, 2.24) is 15.0 Å². The minimum absolute atomic E-state index is 0.190. The number of nitrogens with zero attached hydrogens (tertiary/aromatic N) is 2. The quantitative estimate of drug-likeness (QED) is 0.560. The molecule has 120 valence electrons. The highest BCUT2D eigenvalue weighted by atomic mass is 35.5. The number of H-pyrrole nitrogens is 1. The molecule has 0 amide bonds. The molecule has 0 unspecified atom stereocenters. The van der Waals surface area contributed by atoms with Crippen LogP contribution in [0.2, 0.25) is 5.28 Å². The number of rotatable bonds is 3. The average Bonchev–Trinajstić information content (AvgIpc) is 3.03. The van der Waals surface area contributed by atoms with E-state index in [9.17, 15) is 0 Å². The van der Waals surface area contributed by atoms with Gasteiger partial charge in [0.05, 0.1) is 25.4 Å². The van der Waals surface area contributed by atoms with Crippen molar-refractivity contribution in [3.05, 3.63) is 47.9 Å². The predicted octanol–water partition coefficient (Wildman–Crippen LogP) is 4.45. The smallest absolute Gasteiger partial charge is 0.223 e. The molecule has 0 aliphatic rings. The van der Waals surface area contributed by atoms with Crippen molar-refractivity contribution < 1.29 is 9.47 Å². The van der Waals surface area contributed by atoms with Gasteiger partial charge in [0.1, 0.15) is 0 Å². The number of para-hydroxylation sites is 1. The van der Waals surface area contributed by atoms with Crippen molar-refractivity contribution in [1.29, 1.82) is 0 Å². The number of aromatic amines is 1. The summed E-state index contributed by atoms with van der Waals surface area (Å²) in [5, 5.41) is 2.11. The van der Waals surface area contributed by atoms with Crippen molar-refractivity contribution in [2.75, 3.05) is 14.2 Å². The van der Waals surface area contributed by atoms with Crippen LogP contribution in [0.15, 0.2) is 42.6 Å². The fourth-order valence-corrected chi connectivity index (χ4v) is 3.08. The molecule has 24 heavy (non-hydrogen) atoms. The van der Waals surface area contributed by atoms with Gasteiger partial charge >= 0.3 is 0 Å². The Hall–Kier alpha value is -2.79. The summed E-state index contributed by atoms with van der Waals surface area (Å²) in [6, 6.07) is 11.7. The van der Waals surface area contributed by atoms with E-state index in [2.05, 4.69) is 15.0 Å². The third-order valence-corrected chi connectivity index (χ3v) is 4.19. The normalized spacial score (nSPS) is 11.1. The number of halogens is 1. The second-order valence-electron chi connectivity index (χ2n) is 5.31. The van der Waals surface area contributed by atoms with E-state index in [-0.39, 0.29) is 5.28 Å². The molecule has 0 radical (unpaired) electrons. The second-order valence-corrected chi connectivity index (χ2v) is 5.65. The van der Waals surface area contributed by atoms with Gasteiger partial charge in [0.25, 0.3) is 0 Å². The summed E-state index contributed by atoms with van der Waals surface area (Å²) in [5.74, 6) is 1.22. The Morgan fingerprint density at radius 3 is 2.50 bits per heavy atom. The molecule has 0 fully saturated rings. The van der Waals surface area contributed by atoms with Gasteiger partial charge in [-0.2, -0.15) is 0 Å². The zero-order valence-electron chi connectivity index (χ0n) is 13.1. The van der Waals surface area contributed by atoms with Crippen LogP contribution in [0.25, 0.3) is 33.1 Å². The first-order valence-corrected chi connectivity index (χ1v) is 7.75. The Kier molecular flexibility index (Phi) is 3.50. The molecule has 1 N–H and O–H groups in total. The number of hydrogen-bond donors (Lipinski definition) is 1. The number of methoxy groups -OCH3 is 2. The van der Waals surface area contributed by atoms with Crippen LogP contribution in [0.3, 0.4) is 0 Å². The van der Waals surface area contributed by atoms with Gasteiger partial charge in [-0.3, -0.25) is 0 Å². The summed E-state index contributed by atoms with van der Waals surface area (Å²) < 4.78 is 10.8. The lowest BCUT2D eigenvalue weighted by atomic mass is 10.1. The molecular weight excluding hydrogens is 326 g/mol. The van der Waals surface area contributed by atoms with Gasteiger partial charge in [0.2, 0.25) is 5.28 Å². The van der Waals surface area contributed by atoms with Gasteiger partial charge in [-0.1, -0.05) is 18.2 Å². The lowest BCUT2D eigenvalue weighted by Crippen LogP contribution is -1.95. The van der Waals surface area contributed by atoms with E-state index in [1.165, 1.54) is 0 Å². The molecule has 0 aliphatic heterocycles.